The van der Waals surface area contributed by atoms with Gasteiger partial charge in [-0.3, -0.25) is 0 Å². The summed E-state index contributed by atoms with van der Waals surface area (Å²) in [5.41, 5.74) is 2.95. The first kappa shape index (κ1) is 21.3. The van der Waals surface area contributed by atoms with Crippen LogP contribution >= 0.6 is 23.8 Å². The van der Waals surface area contributed by atoms with Crippen LogP contribution in [0.1, 0.15) is 24.0 Å². The maximum absolute atomic E-state index is 13.0. The van der Waals surface area contributed by atoms with Gasteiger partial charge in [-0.2, -0.15) is 18.3 Å². The van der Waals surface area contributed by atoms with E-state index in [0.717, 1.165) is 41.8 Å². The van der Waals surface area contributed by atoms with Gasteiger partial charge in [0.05, 0.1) is 5.56 Å². The van der Waals surface area contributed by atoms with Crippen LogP contribution in [-0.4, -0.2) is 14.9 Å². The van der Waals surface area contributed by atoms with E-state index in [1.165, 1.54) is 16.8 Å². The third-order valence-electron chi connectivity index (χ3n) is 4.81. The standard InChI is InChI=1S/C23H17ClF3N3S/c24-18-10-12-19(13-11-18)28-22(31)30-14-20(15-4-2-1-3-5-15)21(29-30)16-6-8-17(9-7-16)23(25,26)27/h2,4-14H,1,3H2,(H,28,31). The molecule has 0 aliphatic heterocycles. The summed E-state index contributed by atoms with van der Waals surface area (Å²) in [6, 6.07) is 12.1. The van der Waals surface area contributed by atoms with Crippen molar-refractivity contribution in [3.05, 3.63) is 89.1 Å². The van der Waals surface area contributed by atoms with Crippen LogP contribution in [0.2, 0.25) is 5.02 Å². The summed E-state index contributed by atoms with van der Waals surface area (Å²) in [4.78, 5) is 0. The minimum Gasteiger partial charge on any atom is -0.331 e. The predicted molar refractivity (Wildman–Crippen MR) is 122 cm³/mol. The van der Waals surface area contributed by atoms with E-state index in [4.69, 9.17) is 23.8 Å². The van der Waals surface area contributed by atoms with Crippen LogP contribution in [0.3, 0.4) is 0 Å². The molecule has 0 radical (unpaired) electrons. The highest BCUT2D eigenvalue weighted by Crippen LogP contribution is 2.34. The Kier molecular flexibility index (Phi) is 5.98. The van der Waals surface area contributed by atoms with Gasteiger partial charge in [-0.05, 0) is 67.0 Å². The molecule has 1 aromatic heterocycles. The topological polar surface area (TPSA) is 29.9 Å². The summed E-state index contributed by atoms with van der Waals surface area (Å²) in [5, 5.41) is 8.63. The molecule has 0 bridgehead atoms. The minimum absolute atomic E-state index is 0.335. The lowest BCUT2D eigenvalue weighted by Crippen LogP contribution is -2.19. The van der Waals surface area contributed by atoms with Gasteiger partial charge >= 0.3 is 6.18 Å². The molecule has 0 unspecified atom stereocenters. The number of nitrogens with one attached hydrogen (secondary N) is 1. The molecule has 158 valence electrons. The Labute approximate surface area is 187 Å². The summed E-state index contributed by atoms with van der Waals surface area (Å²) in [5.74, 6) is 0. The molecule has 8 heteroatoms. The van der Waals surface area contributed by atoms with Gasteiger partial charge in [-0.25, -0.2) is 4.68 Å². The molecule has 1 heterocycles. The first-order chi connectivity index (χ1) is 14.8. The maximum Gasteiger partial charge on any atom is 0.416 e. The molecule has 3 aromatic rings. The van der Waals surface area contributed by atoms with Crippen LogP contribution in [0.25, 0.3) is 16.8 Å². The number of hydrogen-bond acceptors (Lipinski definition) is 2. The second-order valence-electron chi connectivity index (χ2n) is 6.99. The van der Waals surface area contributed by atoms with Crippen LogP contribution in [0.4, 0.5) is 18.9 Å². The van der Waals surface area contributed by atoms with Crippen molar-refractivity contribution in [2.24, 2.45) is 0 Å². The molecule has 0 atom stereocenters. The number of benzene rings is 2. The number of thiocarbonyl (C=S) groups is 1. The highest BCUT2D eigenvalue weighted by molar-refractivity contribution is 7.80. The van der Waals surface area contributed by atoms with Gasteiger partial charge in [0.1, 0.15) is 5.69 Å². The molecule has 3 nitrogen and oxygen atoms in total. The van der Waals surface area contributed by atoms with E-state index < -0.39 is 11.7 Å². The molecule has 1 aliphatic carbocycles. The zero-order valence-corrected chi connectivity index (χ0v) is 17.7. The van der Waals surface area contributed by atoms with Crippen LogP contribution in [0, 0.1) is 0 Å². The third kappa shape index (κ3) is 4.89. The molecule has 1 N–H and O–H groups in total. The Morgan fingerprint density at radius 1 is 1.03 bits per heavy atom. The minimum atomic E-state index is -4.39. The Hall–Kier alpha value is -2.90. The first-order valence-corrected chi connectivity index (χ1v) is 10.3. The van der Waals surface area contributed by atoms with Crippen LogP contribution < -0.4 is 5.32 Å². The van der Waals surface area contributed by atoms with Crippen molar-refractivity contribution < 1.29 is 13.2 Å². The number of anilines is 1. The molecule has 0 amide bonds. The molecule has 0 saturated heterocycles. The smallest absolute Gasteiger partial charge is 0.331 e. The van der Waals surface area contributed by atoms with Crippen molar-refractivity contribution in [1.82, 2.24) is 9.78 Å². The number of nitrogens with zero attached hydrogens (tertiary/aromatic N) is 2. The average Bonchev–Trinajstić information content (AvgIpc) is 3.21. The van der Waals surface area contributed by atoms with Crippen molar-refractivity contribution >= 4 is 40.2 Å². The highest BCUT2D eigenvalue weighted by atomic mass is 35.5. The monoisotopic (exact) mass is 459 g/mol. The lowest BCUT2D eigenvalue weighted by molar-refractivity contribution is -0.137. The number of halogens is 4. The average molecular weight is 460 g/mol. The van der Waals surface area contributed by atoms with Gasteiger partial charge in [0.25, 0.3) is 0 Å². The summed E-state index contributed by atoms with van der Waals surface area (Å²) in [6.07, 6.45) is 5.38. The lowest BCUT2D eigenvalue weighted by atomic mass is 9.97. The van der Waals surface area contributed by atoms with Crippen LogP contribution in [0.5, 0.6) is 0 Å². The van der Waals surface area contributed by atoms with Crippen LogP contribution in [0.15, 0.2) is 73.0 Å². The fourth-order valence-electron chi connectivity index (χ4n) is 3.25. The van der Waals surface area contributed by atoms with E-state index in [-0.39, 0.29) is 0 Å². The predicted octanol–water partition coefficient (Wildman–Crippen LogP) is 7.20. The summed E-state index contributed by atoms with van der Waals surface area (Å²) < 4.78 is 40.4. The van der Waals surface area contributed by atoms with Crippen molar-refractivity contribution in [2.45, 2.75) is 19.0 Å². The second kappa shape index (κ2) is 8.69. The molecule has 31 heavy (non-hydrogen) atoms. The van der Waals surface area contributed by atoms with Gasteiger partial charge in [-0.1, -0.05) is 42.0 Å². The molecule has 0 spiro atoms. The zero-order chi connectivity index (χ0) is 22.0. The fraction of sp³-hybridized carbons (Fsp3) is 0.130. The molecule has 0 fully saturated rings. The number of allylic oxidation sites excluding steroid dienone is 4. The lowest BCUT2D eigenvalue weighted by Gasteiger charge is -2.09. The fourth-order valence-corrected chi connectivity index (χ4v) is 3.58. The summed E-state index contributed by atoms with van der Waals surface area (Å²) in [6.45, 7) is 0. The largest absolute Gasteiger partial charge is 0.416 e. The number of hydrogen-bond donors (Lipinski definition) is 1. The quantitative estimate of drug-likeness (QED) is 0.420. The van der Waals surface area contributed by atoms with E-state index in [1.54, 1.807) is 30.5 Å². The van der Waals surface area contributed by atoms with Gasteiger partial charge in [-0.15, -0.1) is 0 Å². The van der Waals surface area contributed by atoms with Gasteiger partial charge < -0.3 is 5.32 Å². The van der Waals surface area contributed by atoms with E-state index >= 15 is 0 Å². The van der Waals surface area contributed by atoms with Crippen molar-refractivity contribution in [3.63, 3.8) is 0 Å². The Morgan fingerprint density at radius 3 is 2.35 bits per heavy atom. The Bertz CT molecular complexity index is 1160. The van der Waals surface area contributed by atoms with Crippen molar-refractivity contribution in [2.75, 3.05) is 5.32 Å². The van der Waals surface area contributed by atoms with E-state index in [2.05, 4.69) is 22.6 Å². The number of alkyl halides is 3. The first-order valence-electron chi connectivity index (χ1n) is 9.52. The Morgan fingerprint density at radius 2 is 1.74 bits per heavy atom. The molecule has 1 aliphatic rings. The molecular weight excluding hydrogens is 443 g/mol. The second-order valence-corrected chi connectivity index (χ2v) is 7.81. The molecular formula is C23H17ClF3N3S. The van der Waals surface area contributed by atoms with Crippen molar-refractivity contribution in [1.29, 1.82) is 0 Å². The summed E-state index contributed by atoms with van der Waals surface area (Å²) in [7, 11) is 0. The SMILES string of the molecule is FC(F)(F)c1ccc(-c2nn(C(=S)Nc3ccc(Cl)cc3)cc2C2=CCCC=C2)cc1. The van der Waals surface area contributed by atoms with E-state index in [1.807, 2.05) is 6.08 Å². The number of aromatic nitrogens is 2. The van der Waals surface area contributed by atoms with Gasteiger partial charge in [0, 0.05) is 28.0 Å². The molecule has 2 aromatic carbocycles. The maximum atomic E-state index is 13.0. The normalized spacial score (nSPS) is 13.7. The summed E-state index contributed by atoms with van der Waals surface area (Å²) >= 11 is 11.4. The Balaban J connectivity index is 1.70. The molecule has 4 rings (SSSR count). The van der Waals surface area contributed by atoms with E-state index in [9.17, 15) is 13.2 Å². The van der Waals surface area contributed by atoms with Gasteiger partial charge in [0.2, 0.25) is 0 Å². The highest BCUT2D eigenvalue weighted by Gasteiger charge is 2.30. The zero-order valence-electron chi connectivity index (χ0n) is 16.2. The van der Waals surface area contributed by atoms with Crippen molar-refractivity contribution in [3.8, 4) is 11.3 Å². The van der Waals surface area contributed by atoms with Crippen LogP contribution in [-0.2, 0) is 6.18 Å². The number of rotatable bonds is 3. The molecule has 0 saturated carbocycles. The third-order valence-corrected chi connectivity index (χ3v) is 5.35. The van der Waals surface area contributed by atoms with Gasteiger partial charge in [0.15, 0.2) is 5.11 Å². The van der Waals surface area contributed by atoms with E-state index in [0.29, 0.717) is 21.4 Å².